The molecule has 29 heavy (non-hydrogen) atoms. The third-order valence-corrected chi connectivity index (χ3v) is 5.64. The molecule has 0 bridgehead atoms. The number of hydrogen-bond donors (Lipinski definition) is 1. The number of carbonyl (C=O) groups is 2. The Morgan fingerprint density at radius 2 is 1.59 bits per heavy atom. The zero-order valence-corrected chi connectivity index (χ0v) is 16.0. The van der Waals surface area contributed by atoms with Gasteiger partial charge in [0.05, 0.1) is 6.04 Å². The van der Waals surface area contributed by atoms with Crippen LogP contribution in [0.4, 0.5) is 13.6 Å². The van der Waals surface area contributed by atoms with Gasteiger partial charge in [0, 0.05) is 31.7 Å². The average Bonchev–Trinajstić information content (AvgIpc) is 2.94. The molecule has 1 fully saturated rings. The number of rotatable bonds is 2. The number of nitrogens with zero attached hydrogens (tertiary/aromatic N) is 2. The number of nitrogens with one attached hydrogen (secondary N) is 1. The summed E-state index contributed by atoms with van der Waals surface area (Å²) in [6.45, 7) is 1.92. The Morgan fingerprint density at radius 3 is 2.38 bits per heavy atom. The van der Waals surface area contributed by atoms with Crippen molar-refractivity contribution in [3.8, 4) is 0 Å². The summed E-state index contributed by atoms with van der Waals surface area (Å²) in [5.41, 5.74) is 2.36. The lowest BCUT2D eigenvalue weighted by Crippen LogP contribution is -2.43. The maximum absolute atomic E-state index is 13.6. The first-order valence-electron chi connectivity index (χ1n) is 9.90. The van der Waals surface area contributed by atoms with Crippen molar-refractivity contribution in [3.63, 3.8) is 0 Å². The Kier molecular flexibility index (Phi) is 5.47. The molecule has 2 aromatic carbocycles. The predicted octanol–water partition coefficient (Wildman–Crippen LogP) is 3.51. The maximum atomic E-state index is 13.6. The lowest BCUT2D eigenvalue weighted by atomic mass is 10.1. The Morgan fingerprint density at radius 1 is 0.897 bits per heavy atom. The predicted molar refractivity (Wildman–Crippen MR) is 104 cm³/mol. The van der Waals surface area contributed by atoms with Crippen molar-refractivity contribution < 1.29 is 18.4 Å². The summed E-state index contributed by atoms with van der Waals surface area (Å²) in [6.07, 6.45) is 2.24. The smallest absolute Gasteiger partial charge is 0.317 e. The van der Waals surface area contributed by atoms with Crippen LogP contribution in [-0.2, 0) is 6.42 Å². The van der Waals surface area contributed by atoms with Crippen molar-refractivity contribution in [1.29, 1.82) is 0 Å². The molecule has 1 unspecified atom stereocenters. The molecule has 7 heteroatoms. The van der Waals surface area contributed by atoms with Crippen LogP contribution in [0.3, 0.4) is 0 Å². The van der Waals surface area contributed by atoms with Crippen LogP contribution in [0.2, 0.25) is 0 Å². The highest BCUT2D eigenvalue weighted by atomic mass is 19.1. The molecule has 152 valence electrons. The minimum atomic E-state index is -0.381. The standard InChI is InChI=1S/C22H23F2N3O2/c23-17-6-3-16(4-7-17)21(28)26-10-1-11-27(13-12-26)22(29)25-20-9-5-15-2-8-18(24)14-19(15)20/h2-4,6-8,14,20H,1,5,9-13H2,(H,25,29). The second-order valence-corrected chi connectivity index (χ2v) is 7.52. The molecule has 2 aromatic rings. The van der Waals surface area contributed by atoms with Crippen LogP contribution in [0.1, 0.15) is 40.4 Å². The highest BCUT2D eigenvalue weighted by molar-refractivity contribution is 5.94. The molecule has 1 aliphatic heterocycles. The summed E-state index contributed by atoms with van der Waals surface area (Å²) in [6, 6.07) is 9.84. The number of urea groups is 1. The van der Waals surface area contributed by atoms with Gasteiger partial charge in [0.1, 0.15) is 11.6 Å². The fraction of sp³-hybridized carbons (Fsp3) is 0.364. The van der Waals surface area contributed by atoms with E-state index in [-0.39, 0.29) is 29.6 Å². The molecule has 4 rings (SSSR count). The van der Waals surface area contributed by atoms with Gasteiger partial charge < -0.3 is 15.1 Å². The summed E-state index contributed by atoms with van der Waals surface area (Å²) in [7, 11) is 0. The van der Waals surface area contributed by atoms with Crippen LogP contribution < -0.4 is 5.32 Å². The Bertz CT molecular complexity index is 917. The van der Waals surface area contributed by atoms with E-state index in [0.717, 1.165) is 24.0 Å². The van der Waals surface area contributed by atoms with Crippen LogP contribution in [0.15, 0.2) is 42.5 Å². The Labute approximate surface area is 168 Å². The van der Waals surface area contributed by atoms with E-state index in [0.29, 0.717) is 38.2 Å². The van der Waals surface area contributed by atoms with E-state index in [9.17, 15) is 18.4 Å². The molecule has 1 heterocycles. The fourth-order valence-electron chi connectivity index (χ4n) is 4.06. The largest absolute Gasteiger partial charge is 0.337 e. The summed E-state index contributed by atoms with van der Waals surface area (Å²) in [4.78, 5) is 28.8. The van der Waals surface area contributed by atoms with Crippen LogP contribution in [0.5, 0.6) is 0 Å². The fourth-order valence-corrected chi connectivity index (χ4v) is 4.06. The minimum Gasteiger partial charge on any atom is -0.337 e. The number of aryl methyl sites for hydroxylation is 1. The molecule has 1 saturated heterocycles. The summed E-state index contributed by atoms with van der Waals surface area (Å²) in [5, 5.41) is 3.02. The molecule has 0 spiro atoms. The van der Waals surface area contributed by atoms with Gasteiger partial charge in [0.25, 0.3) is 5.91 Å². The van der Waals surface area contributed by atoms with Crippen LogP contribution >= 0.6 is 0 Å². The number of amides is 3. The van der Waals surface area contributed by atoms with E-state index in [2.05, 4.69) is 5.32 Å². The third-order valence-electron chi connectivity index (χ3n) is 5.64. The monoisotopic (exact) mass is 399 g/mol. The molecular formula is C22H23F2N3O2. The molecule has 5 nitrogen and oxygen atoms in total. The first-order valence-corrected chi connectivity index (χ1v) is 9.90. The van der Waals surface area contributed by atoms with Crippen molar-refractivity contribution in [3.05, 3.63) is 70.8 Å². The topological polar surface area (TPSA) is 52.7 Å². The van der Waals surface area contributed by atoms with Crippen molar-refractivity contribution in [2.75, 3.05) is 26.2 Å². The van der Waals surface area contributed by atoms with E-state index < -0.39 is 0 Å². The highest BCUT2D eigenvalue weighted by Crippen LogP contribution is 2.31. The molecule has 0 aromatic heterocycles. The van der Waals surface area contributed by atoms with E-state index in [4.69, 9.17) is 0 Å². The SMILES string of the molecule is O=C(NC1CCc2ccc(F)cc21)N1CCCN(C(=O)c2ccc(F)cc2)CC1. The van der Waals surface area contributed by atoms with Gasteiger partial charge in [-0.25, -0.2) is 13.6 Å². The van der Waals surface area contributed by atoms with Gasteiger partial charge in [0.15, 0.2) is 0 Å². The molecule has 1 atom stereocenters. The van der Waals surface area contributed by atoms with Gasteiger partial charge in [-0.1, -0.05) is 6.07 Å². The summed E-state index contributed by atoms with van der Waals surface area (Å²) < 4.78 is 26.7. The lowest BCUT2D eigenvalue weighted by molar-refractivity contribution is 0.0762. The van der Waals surface area contributed by atoms with Crippen molar-refractivity contribution >= 4 is 11.9 Å². The molecule has 1 aliphatic carbocycles. The van der Waals surface area contributed by atoms with Crippen LogP contribution in [0.25, 0.3) is 0 Å². The number of fused-ring (bicyclic) bond motifs is 1. The second-order valence-electron chi connectivity index (χ2n) is 7.52. The number of carbonyl (C=O) groups excluding carboxylic acids is 2. The van der Waals surface area contributed by atoms with Gasteiger partial charge in [-0.05, 0) is 66.8 Å². The van der Waals surface area contributed by atoms with Crippen molar-refractivity contribution in [2.45, 2.75) is 25.3 Å². The molecule has 0 saturated carbocycles. The van der Waals surface area contributed by atoms with Crippen LogP contribution in [-0.4, -0.2) is 47.9 Å². The molecule has 1 N–H and O–H groups in total. The quantitative estimate of drug-likeness (QED) is 0.840. The Balaban J connectivity index is 1.36. The molecule has 3 amide bonds. The van der Waals surface area contributed by atoms with Gasteiger partial charge in [-0.3, -0.25) is 4.79 Å². The van der Waals surface area contributed by atoms with E-state index in [1.54, 1.807) is 15.9 Å². The minimum absolute atomic E-state index is 0.160. The number of benzene rings is 2. The van der Waals surface area contributed by atoms with Crippen molar-refractivity contribution in [1.82, 2.24) is 15.1 Å². The highest BCUT2D eigenvalue weighted by Gasteiger charge is 2.28. The second kappa shape index (κ2) is 8.19. The molecule has 2 aliphatic rings. The van der Waals surface area contributed by atoms with E-state index in [1.165, 1.54) is 36.4 Å². The van der Waals surface area contributed by atoms with E-state index in [1.807, 2.05) is 0 Å². The van der Waals surface area contributed by atoms with Crippen LogP contribution in [0, 0.1) is 11.6 Å². The normalized spacial score (nSPS) is 18.9. The van der Waals surface area contributed by atoms with Gasteiger partial charge >= 0.3 is 6.03 Å². The molecule has 0 radical (unpaired) electrons. The average molecular weight is 399 g/mol. The maximum Gasteiger partial charge on any atom is 0.317 e. The van der Waals surface area contributed by atoms with Crippen molar-refractivity contribution in [2.24, 2.45) is 0 Å². The van der Waals surface area contributed by atoms with Gasteiger partial charge in [0.2, 0.25) is 0 Å². The third kappa shape index (κ3) is 4.23. The zero-order valence-electron chi connectivity index (χ0n) is 16.0. The zero-order chi connectivity index (χ0) is 20.4. The van der Waals surface area contributed by atoms with Gasteiger partial charge in [-0.2, -0.15) is 0 Å². The first-order chi connectivity index (χ1) is 14.0. The molecular weight excluding hydrogens is 376 g/mol. The number of halogens is 2. The summed E-state index contributed by atoms with van der Waals surface area (Å²) in [5.74, 6) is -0.837. The Hall–Kier alpha value is -2.96. The number of hydrogen-bond acceptors (Lipinski definition) is 2. The first kappa shape index (κ1) is 19.4. The van der Waals surface area contributed by atoms with Gasteiger partial charge in [-0.15, -0.1) is 0 Å². The van der Waals surface area contributed by atoms with E-state index >= 15 is 0 Å². The summed E-state index contributed by atoms with van der Waals surface area (Å²) >= 11 is 0. The lowest BCUT2D eigenvalue weighted by Gasteiger charge is -2.24.